The highest BCUT2D eigenvalue weighted by Gasteiger charge is 2.57. The number of imide groups is 1. The molecular weight excluding hydrogens is 306 g/mol. The summed E-state index contributed by atoms with van der Waals surface area (Å²) in [6, 6.07) is 0. The molecule has 0 bridgehead atoms. The number of ether oxygens (including phenoxy) is 3. The summed E-state index contributed by atoms with van der Waals surface area (Å²) >= 11 is 0. The van der Waals surface area contributed by atoms with E-state index in [0.29, 0.717) is 6.61 Å². The van der Waals surface area contributed by atoms with Gasteiger partial charge in [0.2, 0.25) is 11.8 Å². The summed E-state index contributed by atoms with van der Waals surface area (Å²) in [4.78, 5) is 23.1. The highest BCUT2D eigenvalue weighted by molar-refractivity contribution is 5.97. The number of aliphatic hydroxyl groups excluding tert-OH is 1. The quantitative estimate of drug-likeness (QED) is 0.564. The van der Waals surface area contributed by atoms with E-state index in [1.807, 2.05) is 13.8 Å². The smallest absolute Gasteiger partial charge is 0.226 e. The summed E-state index contributed by atoms with van der Waals surface area (Å²) in [5, 5.41) is 23.7. The van der Waals surface area contributed by atoms with E-state index >= 15 is 0 Å². The Labute approximate surface area is 134 Å². The van der Waals surface area contributed by atoms with Gasteiger partial charge in [-0.05, 0) is 5.92 Å². The molecule has 0 saturated carbocycles. The second-order valence-electron chi connectivity index (χ2n) is 6.80. The van der Waals surface area contributed by atoms with Gasteiger partial charge in [-0.25, -0.2) is 0 Å². The SMILES string of the molecule is CC1COC(O)(C2OCOC(C3CC(=O)NC(=O)C3)C2O)C1C. The van der Waals surface area contributed by atoms with E-state index in [1.165, 1.54) is 0 Å². The van der Waals surface area contributed by atoms with Gasteiger partial charge < -0.3 is 24.4 Å². The van der Waals surface area contributed by atoms with Crippen LogP contribution in [0.1, 0.15) is 26.7 Å². The van der Waals surface area contributed by atoms with Crippen LogP contribution in [-0.4, -0.2) is 59.5 Å². The van der Waals surface area contributed by atoms with Crippen molar-refractivity contribution in [1.29, 1.82) is 0 Å². The summed E-state index contributed by atoms with van der Waals surface area (Å²) in [5.74, 6) is -2.93. The molecule has 0 radical (unpaired) electrons. The molecule has 3 aliphatic heterocycles. The van der Waals surface area contributed by atoms with Gasteiger partial charge in [-0.2, -0.15) is 0 Å². The van der Waals surface area contributed by atoms with Crippen molar-refractivity contribution in [1.82, 2.24) is 5.32 Å². The lowest BCUT2D eigenvalue weighted by atomic mass is 9.80. The number of hydrogen-bond donors (Lipinski definition) is 3. The number of aliphatic hydroxyl groups is 2. The van der Waals surface area contributed by atoms with E-state index in [9.17, 15) is 19.8 Å². The van der Waals surface area contributed by atoms with Gasteiger partial charge in [-0.1, -0.05) is 13.8 Å². The summed E-state index contributed by atoms with van der Waals surface area (Å²) in [6.07, 6.45) is -2.76. The molecule has 0 spiro atoms. The molecule has 3 heterocycles. The Kier molecular flexibility index (Phi) is 4.45. The monoisotopic (exact) mass is 329 g/mol. The topological polar surface area (TPSA) is 114 Å². The lowest BCUT2D eigenvalue weighted by Gasteiger charge is -2.45. The Bertz CT molecular complexity index is 482. The molecule has 8 nitrogen and oxygen atoms in total. The maximum atomic E-state index is 11.6. The first-order valence-corrected chi connectivity index (χ1v) is 7.93. The molecule has 3 N–H and O–H groups in total. The molecule has 3 fully saturated rings. The standard InChI is InChI=1S/C15H23NO7/c1-7-5-23-15(20,8(7)2)14-12(19)13(21-6-22-14)9-3-10(17)16-11(18)4-9/h7-9,12-14,19-20H,3-6H2,1-2H3,(H,16,17,18). The van der Waals surface area contributed by atoms with E-state index in [1.54, 1.807) is 0 Å². The van der Waals surface area contributed by atoms with Crippen molar-refractivity contribution >= 4 is 11.8 Å². The molecule has 0 aliphatic carbocycles. The van der Waals surface area contributed by atoms with Crippen LogP contribution in [0.3, 0.4) is 0 Å². The third-order valence-electron chi connectivity index (χ3n) is 5.28. The van der Waals surface area contributed by atoms with Gasteiger partial charge in [0.05, 0.1) is 12.7 Å². The summed E-state index contributed by atoms with van der Waals surface area (Å²) in [6.45, 7) is 4.04. The molecule has 3 aliphatic rings. The van der Waals surface area contributed by atoms with Gasteiger partial charge in [0.25, 0.3) is 0 Å². The lowest BCUT2D eigenvalue weighted by molar-refractivity contribution is -0.339. The minimum absolute atomic E-state index is 0.0887. The molecule has 3 saturated heterocycles. The van der Waals surface area contributed by atoms with Gasteiger partial charge in [0, 0.05) is 24.7 Å². The molecule has 6 unspecified atom stereocenters. The van der Waals surface area contributed by atoms with E-state index in [2.05, 4.69) is 5.32 Å². The van der Waals surface area contributed by atoms with Crippen LogP contribution in [0.15, 0.2) is 0 Å². The van der Waals surface area contributed by atoms with Crippen molar-refractivity contribution in [2.75, 3.05) is 13.4 Å². The average Bonchev–Trinajstić information content (AvgIpc) is 2.75. The average molecular weight is 329 g/mol. The van der Waals surface area contributed by atoms with Crippen molar-refractivity contribution in [2.45, 2.75) is 50.8 Å². The lowest BCUT2D eigenvalue weighted by Crippen LogP contribution is -2.62. The Hall–Kier alpha value is -1.06. The van der Waals surface area contributed by atoms with E-state index in [0.717, 1.165) is 0 Å². The van der Waals surface area contributed by atoms with Crippen LogP contribution >= 0.6 is 0 Å². The van der Waals surface area contributed by atoms with E-state index < -0.39 is 30.0 Å². The second-order valence-corrected chi connectivity index (χ2v) is 6.80. The minimum atomic E-state index is -1.61. The number of nitrogens with one attached hydrogen (secondary N) is 1. The Morgan fingerprint density at radius 3 is 2.39 bits per heavy atom. The largest absolute Gasteiger partial charge is 0.387 e. The molecule has 0 aromatic heterocycles. The third-order valence-corrected chi connectivity index (χ3v) is 5.28. The minimum Gasteiger partial charge on any atom is -0.387 e. The fourth-order valence-electron chi connectivity index (χ4n) is 3.67. The molecular formula is C15H23NO7. The Morgan fingerprint density at radius 1 is 1.17 bits per heavy atom. The van der Waals surface area contributed by atoms with Crippen LogP contribution in [0.4, 0.5) is 0 Å². The van der Waals surface area contributed by atoms with Crippen molar-refractivity contribution in [2.24, 2.45) is 17.8 Å². The van der Waals surface area contributed by atoms with Crippen LogP contribution in [0.5, 0.6) is 0 Å². The zero-order valence-electron chi connectivity index (χ0n) is 13.2. The van der Waals surface area contributed by atoms with Gasteiger partial charge in [0.1, 0.15) is 19.0 Å². The van der Waals surface area contributed by atoms with Crippen molar-refractivity contribution in [3.05, 3.63) is 0 Å². The maximum absolute atomic E-state index is 11.6. The van der Waals surface area contributed by atoms with Gasteiger partial charge in [-0.15, -0.1) is 0 Å². The Morgan fingerprint density at radius 2 is 1.83 bits per heavy atom. The van der Waals surface area contributed by atoms with Gasteiger partial charge in [-0.3, -0.25) is 14.9 Å². The van der Waals surface area contributed by atoms with Gasteiger partial charge in [0.15, 0.2) is 5.79 Å². The Balaban J connectivity index is 1.77. The predicted molar refractivity (Wildman–Crippen MR) is 75.7 cm³/mol. The molecule has 130 valence electrons. The molecule has 23 heavy (non-hydrogen) atoms. The number of rotatable bonds is 2. The fourth-order valence-corrected chi connectivity index (χ4v) is 3.67. The van der Waals surface area contributed by atoms with E-state index in [-0.39, 0.29) is 43.3 Å². The number of carbonyl (C=O) groups excluding carboxylic acids is 2. The van der Waals surface area contributed by atoms with Crippen molar-refractivity contribution < 1.29 is 34.0 Å². The van der Waals surface area contributed by atoms with Crippen molar-refractivity contribution in [3.63, 3.8) is 0 Å². The molecule has 3 rings (SSSR count). The highest BCUT2D eigenvalue weighted by Crippen LogP contribution is 2.41. The zero-order valence-corrected chi connectivity index (χ0v) is 13.2. The maximum Gasteiger partial charge on any atom is 0.226 e. The van der Waals surface area contributed by atoms with Crippen LogP contribution in [0.25, 0.3) is 0 Å². The first kappa shape index (κ1) is 16.8. The summed E-state index contributed by atoms with van der Waals surface area (Å²) in [7, 11) is 0. The van der Waals surface area contributed by atoms with Crippen LogP contribution in [0, 0.1) is 17.8 Å². The summed E-state index contributed by atoms with van der Waals surface area (Å²) in [5.41, 5.74) is 0. The molecule has 0 aromatic rings. The molecule has 0 aromatic carbocycles. The second kappa shape index (κ2) is 6.10. The van der Waals surface area contributed by atoms with Crippen molar-refractivity contribution in [3.8, 4) is 0 Å². The molecule has 8 heteroatoms. The number of carbonyl (C=O) groups is 2. The first-order valence-electron chi connectivity index (χ1n) is 7.93. The van der Waals surface area contributed by atoms with Gasteiger partial charge >= 0.3 is 0 Å². The fraction of sp³-hybridized carbons (Fsp3) is 0.867. The summed E-state index contributed by atoms with van der Waals surface area (Å²) < 4.78 is 16.4. The normalized spacial score (nSPS) is 46.0. The molecule has 6 atom stereocenters. The number of piperidine rings is 1. The highest BCUT2D eigenvalue weighted by atomic mass is 16.7. The van der Waals surface area contributed by atoms with E-state index in [4.69, 9.17) is 14.2 Å². The molecule has 2 amide bonds. The number of amides is 2. The van der Waals surface area contributed by atoms with Crippen LogP contribution in [-0.2, 0) is 23.8 Å². The zero-order chi connectivity index (χ0) is 16.8. The third kappa shape index (κ3) is 2.89. The predicted octanol–water partition coefficient (Wildman–Crippen LogP) is -0.867. The first-order chi connectivity index (χ1) is 10.8. The van der Waals surface area contributed by atoms with Crippen LogP contribution in [0.2, 0.25) is 0 Å². The van der Waals surface area contributed by atoms with Crippen LogP contribution < -0.4 is 5.32 Å². The number of hydrogen-bond acceptors (Lipinski definition) is 7.